The van der Waals surface area contributed by atoms with E-state index in [1.54, 1.807) is 0 Å². The molecule has 1 unspecified atom stereocenters. The van der Waals surface area contributed by atoms with Gasteiger partial charge in [0.2, 0.25) is 5.91 Å². The molecule has 0 aliphatic rings. The van der Waals surface area contributed by atoms with E-state index < -0.39 is 24.0 Å². The molecule has 2 nitrogen and oxygen atoms in total. The zero-order chi connectivity index (χ0) is 16.4. The van der Waals surface area contributed by atoms with E-state index in [0.29, 0.717) is 6.42 Å². The number of hydrogen-bond donors (Lipinski definition) is 1. The van der Waals surface area contributed by atoms with Gasteiger partial charge in [0.25, 0.3) is 0 Å². The van der Waals surface area contributed by atoms with Crippen LogP contribution in [0.15, 0.2) is 0 Å². The van der Waals surface area contributed by atoms with Crippen molar-refractivity contribution in [2.24, 2.45) is 10.8 Å². The van der Waals surface area contributed by atoms with E-state index in [4.69, 9.17) is 0 Å². The summed E-state index contributed by atoms with van der Waals surface area (Å²) >= 11 is 0. The summed E-state index contributed by atoms with van der Waals surface area (Å²) in [5.74, 6) is -0.955. The van der Waals surface area contributed by atoms with E-state index in [1.165, 1.54) is 0 Å². The zero-order valence-corrected chi connectivity index (χ0v) is 13.7. The topological polar surface area (TPSA) is 29.1 Å². The molecule has 0 aromatic rings. The number of carbonyl (C=O) groups excluding carboxylic acids is 1. The first-order chi connectivity index (χ1) is 8.56. The molecule has 0 bridgehead atoms. The van der Waals surface area contributed by atoms with Crippen LogP contribution in [-0.2, 0) is 4.79 Å². The highest BCUT2D eigenvalue weighted by Crippen LogP contribution is 2.37. The number of alkyl halides is 3. The van der Waals surface area contributed by atoms with Gasteiger partial charge in [-0.2, -0.15) is 13.2 Å². The van der Waals surface area contributed by atoms with Gasteiger partial charge < -0.3 is 5.32 Å². The Morgan fingerprint density at radius 1 is 0.900 bits per heavy atom. The van der Waals surface area contributed by atoms with Gasteiger partial charge in [-0.05, 0) is 30.6 Å². The molecule has 0 saturated carbocycles. The predicted molar refractivity (Wildman–Crippen MR) is 75.4 cm³/mol. The third-order valence-electron chi connectivity index (χ3n) is 3.81. The van der Waals surface area contributed by atoms with Crippen LogP contribution in [0.4, 0.5) is 13.2 Å². The van der Waals surface area contributed by atoms with Gasteiger partial charge in [-0.15, -0.1) is 0 Å². The van der Waals surface area contributed by atoms with Crippen LogP contribution >= 0.6 is 0 Å². The molecule has 0 aliphatic carbocycles. The van der Waals surface area contributed by atoms with E-state index in [-0.39, 0.29) is 10.8 Å². The number of amides is 1. The zero-order valence-electron chi connectivity index (χ0n) is 13.7. The van der Waals surface area contributed by atoms with Gasteiger partial charge in [-0.25, -0.2) is 0 Å². The molecule has 0 fully saturated rings. The van der Waals surface area contributed by atoms with Crippen molar-refractivity contribution in [2.45, 2.75) is 79.4 Å². The van der Waals surface area contributed by atoms with E-state index in [0.717, 1.165) is 6.42 Å². The van der Waals surface area contributed by atoms with Crippen LogP contribution < -0.4 is 5.32 Å². The number of halogens is 3. The summed E-state index contributed by atoms with van der Waals surface area (Å²) in [6.07, 6.45) is -4.42. The molecule has 0 radical (unpaired) electrons. The van der Waals surface area contributed by atoms with Crippen LogP contribution in [0.3, 0.4) is 0 Å². The molecule has 0 spiro atoms. The molecular formula is C15H28F3NO. The number of hydrogen-bond acceptors (Lipinski definition) is 1. The minimum atomic E-state index is -4.47. The van der Waals surface area contributed by atoms with Crippen molar-refractivity contribution in [1.82, 2.24) is 5.32 Å². The van der Waals surface area contributed by atoms with E-state index in [9.17, 15) is 18.0 Å². The summed E-state index contributed by atoms with van der Waals surface area (Å²) in [5.41, 5.74) is -0.913. The third kappa shape index (κ3) is 7.15. The molecule has 0 aromatic carbocycles. The lowest BCUT2D eigenvalue weighted by molar-refractivity contribution is -0.156. The Morgan fingerprint density at radius 2 is 1.35 bits per heavy atom. The number of rotatable bonds is 4. The lowest BCUT2D eigenvalue weighted by Crippen LogP contribution is -2.55. The van der Waals surface area contributed by atoms with Gasteiger partial charge in [-0.1, -0.05) is 41.5 Å². The Bertz CT molecular complexity index is 336. The van der Waals surface area contributed by atoms with Crippen molar-refractivity contribution < 1.29 is 18.0 Å². The summed E-state index contributed by atoms with van der Waals surface area (Å²) in [6.45, 7) is 13.9. The molecule has 1 N–H and O–H groups in total. The van der Waals surface area contributed by atoms with Gasteiger partial charge in [0.1, 0.15) is 6.42 Å². The smallest absolute Gasteiger partial charge is 0.350 e. The first kappa shape index (κ1) is 19.3. The van der Waals surface area contributed by atoms with Gasteiger partial charge in [-0.3, -0.25) is 4.79 Å². The number of carbonyl (C=O) groups is 1. The molecule has 1 amide bonds. The van der Waals surface area contributed by atoms with Gasteiger partial charge >= 0.3 is 6.18 Å². The summed E-state index contributed by atoms with van der Waals surface area (Å²) in [5, 5.41) is 2.60. The molecule has 0 aromatic heterocycles. The second kappa shape index (κ2) is 5.94. The summed E-state index contributed by atoms with van der Waals surface area (Å²) in [4.78, 5) is 11.6. The minimum Gasteiger partial charge on any atom is -0.350 e. The Hall–Kier alpha value is -0.740. The van der Waals surface area contributed by atoms with Gasteiger partial charge in [0, 0.05) is 5.54 Å². The number of nitrogens with one attached hydrogen (secondary N) is 1. The summed E-state index contributed by atoms with van der Waals surface area (Å²) in [6, 6.07) is 0. The highest BCUT2D eigenvalue weighted by molar-refractivity contribution is 5.77. The van der Waals surface area contributed by atoms with Crippen molar-refractivity contribution in [3.8, 4) is 0 Å². The highest BCUT2D eigenvalue weighted by Gasteiger charge is 2.41. The molecule has 5 heteroatoms. The standard InChI is InChI=1S/C15H28F3NO/c1-12(2,3)8-9-14(7,13(4,5)6)19-11(20)10-15(16,17)18/h8-10H2,1-7H3,(H,19,20). The monoisotopic (exact) mass is 295 g/mol. The minimum absolute atomic E-state index is 0.0707. The maximum atomic E-state index is 12.3. The second-order valence-corrected chi connectivity index (χ2v) is 7.98. The van der Waals surface area contributed by atoms with Crippen LogP contribution in [0.25, 0.3) is 0 Å². The molecular weight excluding hydrogens is 267 g/mol. The lowest BCUT2D eigenvalue weighted by atomic mass is 9.70. The first-order valence-electron chi connectivity index (χ1n) is 6.94. The molecule has 120 valence electrons. The van der Waals surface area contributed by atoms with E-state index in [2.05, 4.69) is 26.1 Å². The predicted octanol–water partition coefficient (Wildman–Crippen LogP) is 4.69. The van der Waals surface area contributed by atoms with Crippen LogP contribution in [0.5, 0.6) is 0 Å². The second-order valence-electron chi connectivity index (χ2n) is 7.98. The fraction of sp³-hybridized carbons (Fsp3) is 0.933. The summed E-state index contributed by atoms with van der Waals surface area (Å²) < 4.78 is 36.9. The van der Waals surface area contributed by atoms with Crippen LogP contribution in [-0.4, -0.2) is 17.6 Å². The Morgan fingerprint density at radius 3 is 1.65 bits per heavy atom. The van der Waals surface area contributed by atoms with Gasteiger partial charge in [0.15, 0.2) is 0 Å². The SMILES string of the molecule is CC(C)(C)CCC(C)(NC(=O)CC(F)(F)F)C(C)(C)C. The van der Waals surface area contributed by atoms with Crippen LogP contribution in [0.1, 0.15) is 67.7 Å². The molecule has 0 saturated heterocycles. The molecule has 20 heavy (non-hydrogen) atoms. The van der Waals surface area contributed by atoms with Crippen molar-refractivity contribution in [1.29, 1.82) is 0 Å². The lowest BCUT2D eigenvalue weighted by Gasteiger charge is -2.44. The first-order valence-corrected chi connectivity index (χ1v) is 6.94. The fourth-order valence-corrected chi connectivity index (χ4v) is 1.78. The Balaban J connectivity index is 4.94. The van der Waals surface area contributed by atoms with Crippen molar-refractivity contribution in [3.63, 3.8) is 0 Å². The van der Waals surface area contributed by atoms with Crippen molar-refractivity contribution in [2.75, 3.05) is 0 Å². The average molecular weight is 295 g/mol. The maximum Gasteiger partial charge on any atom is 0.397 e. The Labute approximate surface area is 120 Å². The molecule has 0 rings (SSSR count). The van der Waals surface area contributed by atoms with Crippen molar-refractivity contribution in [3.05, 3.63) is 0 Å². The molecule has 1 atom stereocenters. The van der Waals surface area contributed by atoms with E-state index >= 15 is 0 Å². The molecule has 0 aliphatic heterocycles. The third-order valence-corrected chi connectivity index (χ3v) is 3.81. The van der Waals surface area contributed by atoms with Crippen LogP contribution in [0, 0.1) is 10.8 Å². The Kier molecular flexibility index (Phi) is 5.72. The normalized spacial score (nSPS) is 16.7. The average Bonchev–Trinajstić information content (AvgIpc) is 2.08. The fourth-order valence-electron chi connectivity index (χ4n) is 1.78. The van der Waals surface area contributed by atoms with E-state index in [1.807, 2.05) is 27.7 Å². The highest BCUT2D eigenvalue weighted by atomic mass is 19.4. The quantitative estimate of drug-likeness (QED) is 0.801. The van der Waals surface area contributed by atoms with Gasteiger partial charge in [0.05, 0.1) is 0 Å². The van der Waals surface area contributed by atoms with Crippen LogP contribution in [0.2, 0.25) is 0 Å². The summed E-state index contributed by atoms with van der Waals surface area (Å²) in [7, 11) is 0. The van der Waals surface area contributed by atoms with Crippen molar-refractivity contribution >= 4 is 5.91 Å². The molecule has 0 heterocycles. The maximum absolute atomic E-state index is 12.3. The largest absolute Gasteiger partial charge is 0.397 e.